The van der Waals surface area contributed by atoms with Gasteiger partial charge in [0, 0.05) is 17.3 Å². The van der Waals surface area contributed by atoms with Crippen LogP contribution in [0, 0.1) is 0 Å². The number of nitrogen functional groups attached to an aromatic ring is 1. The monoisotopic (exact) mass is 304 g/mol. The minimum Gasteiger partial charge on any atom is -0.507 e. The second-order valence-electron chi connectivity index (χ2n) is 5.14. The van der Waals surface area contributed by atoms with Crippen molar-refractivity contribution in [1.29, 1.82) is 0 Å². The molecule has 3 aromatic carbocycles. The zero-order valence-corrected chi connectivity index (χ0v) is 12.4. The fourth-order valence-electron chi connectivity index (χ4n) is 2.31. The van der Waals surface area contributed by atoms with E-state index in [2.05, 4.69) is 5.32 Å². The van der Waals surface area contributed by atoms with Crippen molar-refractivity contribution in [1.82, 2.24) is 0 Å². The third kappa shape index (κ3) is 3.16. The minimum atomic E-state index is -0.214. The van der Waals surface area contributed by atoms with Gasteiger partial charge in [0.1, 0.15) is 5.75 Å². The van der Waals surface area contributed by atoms with Gasteiger partial charge in [-0.3, -0.25) is 4.79 Å². The lowest BCUT2D eigenvalue weighted by atomic mass is 10.0. The van der Waals surface area contributed by atoms with Gasteiger partial charge < -0.3 is 16.2 Å². The van der Waals surface area contributed by atoms with Crippen molar-refractivity contribution in [3.63, 3.8) is 0 Å². The Morgan fingerprint density at radius 1 is 0.913 bits per heavy atom. The van der Waals surface area contributed by atoms with Gasteiger partial charge in [0.2, 0.25) is 0 Å². The summed E-state index contributed by atoms with van der Waals surface area (Å²) >= 11 is 0. The maximum Gasteiger partial charge on any atom is 0.196 e. The number of nitrogens with one attached hydrogen (secondary N) is 1. The van der Waals surface area contributed by atoms with Crippen LogP contribution in [0.1, 0.15) is 15.9 Å². The molecule has 0 heterocycles. The van der Waals surface area contributed by atoms with Crippen LogP contribution in [0.5, 0.6) is 5.75 Å². The van der Waals surface area contributed by atoms with Crippen molar-refractivity contribution in [2.45, 2.75) is 0 Å². The highest BCUT2D eigenvalue weighted by Gasteiger charge is 2.13. The lowest BCUT2D eigenvalue weighted by molar-refractivity contribution is 0.103. The van der Waals surface area contributed by atoms with Crippen LogP contribution >= 0.6 is 0 Å². The smallest absolute Gasteiger partial charge is 0.196 e. The molecule has 0 unspecified atom stereocenters. The van der Waals surface area contributed by atoms with E-state index in [1.165, 1.54) is 6.07 Å². The second kappa shape index (κ2) is 6.23. The summed E-state index contributed by atoms with van der Waals surface area (Å²) in [4.78, 5) is 12.4. The summed E-state index contributed by atoms with van der Waals surface area (Å²) in [6, 6.07) is 21.1. The molecule has 0 aliphatic carbocycles. The predicted molar refractivity (Wildman–Crippen MR) is 92.1 cm³/mol. The van der Waals surface area contributed by atoms with Crippen LogP contribution in [-0.2, 0) is 0 Å². The fraction of sp³-hybridized carbons (Fsp3) is 0. The zero-order valence-electron chi connectivity index (χ0n) is 12.4. The molecule has 0 bridgehead atoms. The molecule has 0 fully saturated rings. The standard InChI is InChI=1S/C19H16N2O2/c20-16-8-4-5-9-17(16)21-14-10-11-15(18(22)12-14)19(23)13-6-2-1-3-7-13/h1-12,21-22H,20H2. The van der Waals surface area contributed by atoms with Gasteiger partial charge in [0.05, 0.1) is 16.9 Å². The van der Waals surface area contributed by atoms with Crippen molar-refractivity contribution in [3.05, 3.63) is 83.9 Å². The van der Waals surface area contributed by atoms with Crippen LogP contribution in [0.4, 0.5) is 17.1 Å². The molecule has 0 saturated carbocycles. The van der Waals surface area contributed by atoms with E-state index in [9.17, 15) is 9.90 Å². The van der Waals surface area contributed by atoms with E-state index in [1.807, 2.05) is 24.3 Å². The van der Waals surface area contributed by atoms with Crippen LogP contribution in [0.2, 0.25) is 0 Å². The Labute approximate surface area is 134 Å². The summed E-state index contributed by atoms with van der Waals surface area (Å²) in [6.45, 7) is 0. The Hall–Kier alpha value is -3.27. The quantitative estimate of drug-likeness (QED) is 0.504. The molecular weight excluding hydrogens is 288 g/mol. The average Bonchev–Trinajstić information content (AvgIpc) is 2.57. The van der Waals surface area contributed by atoms with E-state index in [-0.39, 0.29) is 17.1 Å². The lowest BCUT2D eigenvalue weighted by Crippen LogP contribution is -2.02. The molecule has 114 valence electrons. The molecular formula is C19H16N2O2. The number of phenols is 1. The summed E-state index contributed by atoms with van der Waals surface area (Å²) in [5.74, 6) is -0.285. The minimum absolute atomic E-state index is 0.0710. The van der Waals surface area contributed by atoms with Crippen molar-refractivity contribution < 1.29 is 9.90 Å². The van der Waals surface area contributed by atoms with Crippen molar-refractivity contribution >= 4 is 22.8 Å². The van der Waals surface area contributed by atoms with Crippen molar-refractivity contribution in [3.8, 4) is 5.75 Å². The number of hydrogen-bond acceptors (Lipinski definition) is 4. The number of nitrogens with two attached hydrogens (primary N) is 1. The molecule has 0 radical (unpaired) electrons. The summed E-state index contributed by atoms with van der Waals surface area (Å²) in [7, 11) is 0. The average molecular weight is 304 g/mol. The van der Waals surface area contributed by atoms with Gasteiger partial charge in [-0.05, 0) is 24.3 Å². The number of rotatable bonds is 4. The van der Waals surface area contributed by atoms with E-state index in [4.69, 9.17) is 5.73 Å². The Bertz CT molecular complexity index is 845. The molecule has 4 N–H and O–H groups in total. The molecule has 23 heavy (non-hydrogen) atoms. The fourth-order valence-corrected chi connectivity index (χ4v) is 2.31. The topological polar surface area (TPSA) is 75.3 Å². The SMILES string of the molecule is Nc1ccccc1Nc1ccc(C(=O)c2ccccc2)c(O)c1. The first-order valence-electron chi connectivity index (χ1n) is 7.19. The third-order valence-corrected chi connectivity index (χ3v) is 3.52. The molecule has 0 atom stereocenters. The summed E-state index contributed by atoms with van der Waals surface area (Å²) < 4.78 is 0. The molecule has 4 heteroatoms. The summed E-state index contributed by atoms with van der Waals surface area (Å²) in [6.07, 6.45) is 0. The second-order valence-corrected chi connectivity index (χ2v) is 5.14. The van der Waals surface area contributed by atoms with Gasteiger partial charge in [-0.15, -0.1) is 0 Å². The van der Waals surface area contributed by atoms with E-state index in [1.54, 1.807) is 42.5 Å². The molecule has 3 rings (SSSR count). The summed E-state index contributed by atoms with van der Waals surface area (Å²) in [5, 5.41) is 13.3. The largest absolute Gasteiger partial charge is 0.507 e. The molecule has 4 nitrogen and oxygen atoms in total. The summed E-state index contributed by atoms with van der Waals surface area (Å²) in [5.41, 5.74) is 8.70. The van der Waals surface area contributed by atoms with Crippen LogP contribution in [0.15, 0.2) is 72.8 Å². The molecule has 0 spiro atoms. The molecule has 0 saturated heterocycles. The molecule has 0 aromatic heterocycles. The van der Waals surface area contributed by atoms with Gasteiger partial charge in [-0.1, -0.05) is 42.5 Å². The van der Waals surface area contributed by atoms with Gasteiger partial charge in [0.25, 0.3) is 0 Å². The first kappa shape index (κ1) is 14.7. The van der Waals surface area contributed by atoms with E-state index < -0.39 is 0 Å². The third-order valence-electron chi connectivity index (χ3n) is 3.52. The molecule has 0 aliphatic rings. The van der Waals surface area contributed by atoms with E-state index in [0.717, 1.165) is 5.69 Å². The van der Waals surface area contributed by atoms with Gasteiger partial charge >= 0.3 is 0 Å². The lowest BCUT2D eigenvalue weighted by Gasteiger charge is -2.11. The number of hydrogen-bond donors (Lipinski definition) is 3. The van der Waals surface area contributed by atoms with Crippen molar-refractivity contribution in [2.75, 3.05) is 11.1 Å². The van der Waals surface area contributed by atoms with Crippen molar-refractivity contribution in [2.24, 2.45) is 0 Å². The number of carbonyl (C=O) groups excluding carboxylic acids is 1. The maximum absolute atomic E-state index is 12.4. The number of benzene rings is 3. The highest BCUT2D eigenvalue weighted by Crippen LogP contribution is 2.28. The predicted octanol–water partition coefficient (Wildman–Crippen LogP) is 3.95. The van der Waals surface area contributed by atoms with Crippen LogP contribution in [0.3, 0.4) is 0 Å². The van der Waals surface area contributed by atoms with Crippen LogP contribution in [-0.4, -0.2) is 10.9 Å². The Morgan fingerprint density at radius 2 is 1.61 bits per heavy atom. The number of phenolic OH excluding ortho intramolecular Hbond substituents is 1. The van der Waals surface area contributed by atoms with Crippen LogP contribution < -0.4 is 11.1 Å². The number of para-hydroxylation sites is 2. The normalized spacial score (nSPS) is 10.3. The highest BCUT2D eigenvalue weighted by molar-refractivity contribution is 6.10. The van der Waals surface area contributed by atoms with Gasteiger partial charge in [-0.2, -0.15) is 0 Å². The molecule has 0 amide bonds. The number of anilines is 3. The van der Waals surface area contributed by atoms with E-state index >= 15 is 0 Å². The van der Waals surface area contributed by atoms with Gasteiger partial charge in [-0.25, -0.2) is 0 Å². The Balaban J connectivity index is 1.87. The number of ketones is 1. The Morgan fingerprint density at radius 3 is 2.30 bits per heavy atom. The number of carbonyl (C=O) groups is 1. The maximum atomic E-state index is 12.4. The molecule has 0 aliphatic heterocycles. The number of aromatic hydroxyl groups is 1. The first-order chi connectivity index (χ1) is 11.1. The Kier molecular flexibility index (Phi) is 3.97. The van der Waals surface area contributed by atoms with E-state index in [0.29, 0.717) is 16.9 Å². The van der Waals surface area contributed by atoms with Crippen LogP contribution in [0.25, 0.3) is 0 Å². The van der Waals surface area contributed by atoms with Gasteiger partial charge in [0.15, 0.2) is 5.78 Å². The molecule has 3 aromatic rings. The zero-order chi connectivity index (χ0) is 16.2. The first-order valence-corrected chi connectivity index (χ1v) is 7.19. The highest BCUT2D eigenvalue weighted by atomic mass is 16.3.